The molecule has 8 heteroatoms. The second-order valence-electron chi connectivity index (χ2n) is 5.48. The Morgan fingerprint density at radius 1 is 1.25 bits per heavy atom. The predicted molar refractivity (Wildman–Crippen MR) is 92.5 cm³/mol. The SMILES string of the molecule is CCC(=O)N(C)CC(CC=O)(c1ccc(Cl)c(Cl)c1)N(C)C(=O)O. The van der Waals surface area contributed by atoms with E-state index in [9.17, 15) is 19.5 Å². The summed E-state index contributed by atoms with van der Waals surface area (Å²) in [6.07, 6.45) is -0.451. The number of hydrogen-bond donors (Lipinski definition) is 1. The zero-order valence-corrected chi connectivity index (χ0v) is 15.3. The van der Waals surface area contributed by atoms with Gasteiger partial charge in [-0.25, -0.2) is 4.79 Å². The van der Waals surface area contributed by atoms with Gasteiger partial charge < -0.3 is 14.8 Å². The second kappa shape index (κ2) is 8.35. The average molecular weight is 375 g/mol. The van der Waals surface area contributed by atoms with Crippen LogP contribution in [-0.2, 0) is 15.1 Å². The van der Waals surface area contributed by atoms with Crippen LogP contribution in [-0.4, -0.2) is 53.8 Å². The number of rotatable bonds is 7. The van der Waals surface area contributed by atoms with Crippen molar-refractivity contribution in [3.05, 3.63) is 33.8 Å². The van der Waals surface area contributed by atoms with Crippen LogP contribution in [0.25, 0.3) is 0 Å². The van der Waals surface area contributed by atoms with Gasteiger partial charge in [0.25, 0.3) is 0 Å². The van der Waals surface area contributed by atoms with Crippen molar-refractivity contribution < 1.29 is 19.5 Å². The monoisotopic (exact) mass is 374 g/mol. The Balaban J connectivity index is 3.50. The van der Waals surface area contributed by atoms with E-state index < -0.39 is 11.6 Å². The smallest absolute Gasteiger partial charge is 0.407 e. The van der Waals surface area contributed by atoms with E-state index in [1.165, 1.54) is 24.1 Å². The van der Waals surface area contributed by atoms with Gasteiger partial charge in [-0.15, -0.1) is 0 Å². The van der Waals surface area contributed by atoms with Crippen LogP contribution < -0.4 is 0 Å². The fraction of sp³-hybridized carbons (Fsp3) is 0.438. The number of halogens is 2. The van der Waals surface area contributed by atoms with Gasteiger partial charge in [-0.3, -0.25) is 9.69 Å². The molecule has 0 aliphatic heterocycles. The van der Waals surface area contributed by atoms with Crippen molar-refractivity contribution in [1.29, 1.82) is 0 Å². The van der Waals surface area contributed by atoms with Crippen LogP contribution in [0.15, 0.2) is 18.2 Å². The molecular formula is C16H20Cl2N2O4. The Hall–Kier alpha value is -1.79. The molecule has 0 heterocycles. The van der Waals surface area contributed by atoms with Gasteiger partial charge in [-0.1, -0.05) is 36.2 Å². The Kier molecular flexibility index (Phi) is 7.05. The molecule has 1 unspecified atom stereocenters. The van der Waals surface area contributed by atoms with Crippen molar-refractivity contribution in [2.45, 2.75) is 25.3 Å². The lowest BCUT2D eigenvalue weighted by Gasteiger charge is -2.42. The molecule has 0 aliphatic rings. The van der Waals surface area contributed by atoms with Gasteiger partial charge >= 0.3 is 6.09 Å². The summed E-state index contributed by atoms with van der Waals surface area (Å²) < 4.78 is 0. The fourth-order valence-corrected chi connectivity index (χ4v) is 2.87. The number of benzene rings is 1. The van der Waals surface area contributed by atoms with E-state index in [2.05, 4.69) is 0 Å². The normalized spacial score (nSPS) is 13.0. The summed E-state index contributed by atoms with van der Waals surface area (Å²) in [5.74, 6) is -0.163. The van der Waals surface area contributed by atoms with Gasteiger partial charge in [-0.05, 0) is 17.7 Å². The number of nitrogens with zero attached hydrogens (tertiary/aromatic N) is 2. The molecule has 0 aromatic heterocycles. The van der Waals surface area contributed by atoms with Crippen molar-refractivity contribution in [1.82, 2.24) is 9.80 Å². The Morgan fingerprint density at radius 2 is 1.88 bits per heavy atom. The van der Waals surface area contributed by atoms with Crippen molar-refractivity contribution in [2.24, 2.45) is 0 Å². The Labute approximate surface area is 150 Å². The third-order valence-electron chi connectivity index (χ3n) is 4.03. The Morgan fingerprint density at radius 3 is 2.33 bits per heavy atom. The molecule has 1 rings (SSSR count). The minimum atomic E-state index is -1.26. The largest absolute Gasteiger partial charge is 0.465 e. The summed E-state index contributed by atoms with van der Waals surface area (Å²) >= 11 is 12.0. The zero-order valence-electron chi connectivity index (χ0n) is 13.8. The maximum Gasteiger partial charge on any atom is 0.407 e. The highest BCUT2D eigenvalue weighted by Crippen LogP contribution is 2.35. The van der Waals surface area contributed by atoms with Gasteiger partial charge in [0.05, 0.1) is 15.6 Å². The lowest BCUT2D eigenvalue weighted by atomic mass is 9.85. The summed E-state index contributed by atoms with van der Waals surface area (Å²) in [7, 11) is 2.93. The molecule has 132 valence electrons. The number of hydrogen-bond acceptors (Lipinski definition) is 3. The molecular weight excluding hydrogens is 355 g/mol. The number of amides is 2. The molecule has 0 saturated carbocycles. The van der Waals surface area contributed by atoms with E-state index in [0.29, 0.717) is 16.9 Å². The third kappa shape index (κ3) is 4.19. The number of carboxylic acid groups (broad SMARTS) is 1. The highest BCUT2D eigenvalue weighted by molar-refractivity contribution is 6.42. The third-order valence-corrected chi connectivity index (χ3v) is 4.77. The maximum absolute atomic E-state index is 12.0. The quantitative estimate of drug-likeness (QED) is 0.742. The van der Waals surface area contributed by atoms with Crippen LogP contribution in [0.2, 0.25) is 10.0 Å². The van der Waals surface area contributed by atoms with Gasteiger partial charge in [0.1, 0.15) is 6.29 Å². The highest BCUT2D eigenvalue weighted by Gasteiger charge is 2.41. The zero-order chi connectivity index (χ0) is 18.5. The van der Waals surface area contributed by atoms with E-state index in [0.717, 1.165) is 4.90 Å². The topological polar surface area (TPSA) is 77.9 Å². The maximum atomic E-state index is 12.0. The molecule has 0 radical (unpaired) electrons. The summed E-state index contributed by atoms with van der Waals surface area (Å²) in [6.45, 7) is 1.72. The highest BCUT2D eigenvalue weighted by atomic mass is 35.5. The van der Waals surface area contributed by atoms with Crippen molar-refractivity contribution in [2.75, 3.05) is 20.6 Å². The summed E-state index contributed by atoms with van der Waals surface area (Å²) in [5, 5.41) is 10.0. The first-order valence-corrected chi connectivity index (χ1v) is 8.05. The molecule has 0 aliphatic carbocycles. The number of carbonyl (C=O) groups excluding carboxylic acids is 2. The van der Waals surface area contributed by atoms with Crippen molar-refractivity contribution in [3.8, 4) is 0 Å². The van der Waals surface area contributed by atoms with Gasteiger partial charge in [-0.2, -0.15) is 0 Å². The summed E-state index contributed by atoms with van der Waals surface area (Å²) in [5.41, 5.74) is -0.772. The first-order valence-electron chi connectivity index (χ1n) is 7.29. The van der Waals surface area contributed by atoms with Crippen LogP contribution in [0.4, 0.5) is 4.79 Å². The molecule has 1 atom stereocenters. The van der Waals surface area contributed by atoms with E-state index in [-0.39, 0.29) is 30.3 Å². The van der Waals surface area contributed by atoms with Crippen LogP contribution in [0, 0.1) is 0 Å². The second-order valence-corrected chi connectivity index (χ2v) is 6.29. The Bertz CT molecular complexity index is 639. The minimum absolute atomic E-state index is 0.0131. The van der Waals surface area contributed by atoms with Gasteiger partial charge in [0.2, 0.25) is 5.91 Å². The number of likely N-dealkylation sites (N-methyl/N-ethyl adjacent to an activating group) is 2. The van der Waals surface area contributed by atoms with E-state index in [1.54, 1.807) is 20.0 Å². The van der Waals surface area contributed by atoms with E-state index in [4.69, 9.17) is 23.2 Å². The van der Waals surface area contributed by atoms with Crippen molar-refractivity contribution in [3.63, 3.8) is 0 Å². The standard InChI is InChI=1S/C16H20Cl2N2O4/c1-4-14(22)19(2)10-16(7-8-21,20(3)15(23)24)11-5-6-12(17)13(18)9-11/h5-6,8-9H,4,7,10H2,1-3H3,(H,23,24). The average Bonchev–Trinajstić information content (AvgIpc) is 2.55. The van der Waals surface area contributed by atoms with E-state index >= 15 is 0 Å². The molecule has 0 fully saturated rings. The van der Waals surface area contributed by atoms with Crippen LogP contribution >= 0.6 is 23.2 Å². The molecule has 6 nitrogen and oxygen atoms in total. The molecule has 1 N–H and O–H groups in total. The molecule has 0 bridgehead atoms. The van der Waals surface area contributed by atoms with Crippen LogP contribution in [0.1, 0.15) is 25.3 Å². The molecule has 0 saturated heterocycles. The lowest BCUT2D eigenvalue weighted by molar-refractivity contribution is -0.132. The van der Waals surface area contributed by atoms with Crippen molar-refractivity contribution >= 4 is 41.5 Å². The van der Waals surface area contributed by atoms with Gasteiger partial charge in [0.15, 0.2) is 0 Å². The molecule has 1 aromatic rings. The minimum Gasteiger partial charge on any atom is -0.465 e. The van der Waals surface area contributed by atoms with Gasteiger partial charge in [0, 0.05) is 33.5 Å². The number of carbonyl (C=O) groups is 3. The molecule has 1 aromatic carbocycles. The first kappa shape index (κ1) is 20.3. The van der Waals surface area contributed by atoms with E-state index in [1.807, 2.05) is 0 Å². The van der Waals surface area contributed by atoms with Crippen LogP contribution in [0.3, 0.4) is 0 Å². The fourth-order valence-electron chi connectivity index (χ4n) is 2.57. The molecule has 0 spiro atoms. The molecule has 2 amide bonds. The summed E-state index contributed by atoms with van der Waals surface area (Å²) in [6, 6.07) is 4.68. The predicted octanol–water partition coefficient (Wildman–Crippen LogP) is 3.26. The molecule has 24 heavy (non-hydrogen) atoms. The lowest BCUT2D eigenvalue weighted by Crippen LogP contribution is -2.54. The number of aldehydes is 1. The summed E-state index contributed by atoms with van der Waals surface area (Å²) in [4.78, 5) is 37.3. The van der Waals surface area contributed by atoms with Crippen LogP contribution in [0.5, 0.6) is 0 Å². The first-order chi connectivity index (χ1) is 11.2.